The van der Waals surface area contributed by atoms with Gasteiger partial charge in [0.1, 0.15) is 11.9 Å². The summed E-state index contributed by atoms with van der Waals surface area (Å²) < 4.78 is 12.9. The molecule has 2 atom stereocenters. The van der Waals surface area contributed by atoms with E-state index < -0.39 is 24.1 Å². The molecule has 35 heavy (non-hydrogen) atoms. The molecule has 10 heteroatoms. The van der Waals surface area contributed by atoms with Crippen LogP contribution in [-0.4, -0.2) is 44.9 Å². The van der Waals surface area contributed by atoms with Crippen molar-refractivity contribution in [3.05, 3.63) is 75.0 Å². The van der Waals surface area contributed by atoms with Gasteiger partial charge in [0.2, 0.25) is 0 Å². The number of benzene rings is 1. The zero-order chi connectivity index (χ0) is 25.1. The first-order chi connectivity index (χ1) is 16.8. The first-order valence-corrected chi connectivity index (χ1v) is 12.4. The van der Waals surface area contributed by atoms with Gasteiger partial charge in [0.25, 0.3) is 0 Å². The number of aryl methyl sites for hydroxylation is 1. The summed E-state index contributed by atoms with van der Waals surface area (Å²) in [6.07, 6.45) is 2.87. The van der Waals surface area contributed by atoms with Gasteiger partial charge in [-0.2, -0.15) is 0 Å². The van der Waals surface area contributed by atoms with E-state index in [2.05, 4.69) is 25.9 Å². The van der Waals surface area contributed by atoms with Crippen molar-refractivity contribution in [2.45, 2.75) is 45.8 Å². The molecule has 8 nitrogen and oxygen atoms in total. The zero-order valence-electron chi connectivity index (χ0n) is 19.5. The number of hydrogen-bond donors (Lipinski definition) is 0. The van der Waals surface area contributed by atoms with Crippen LogP contribution in [0.2, 0.25) is 5.02 Å². The number of carbonyl (C=O) groups is 2. The van der Waals surface area contributed by atoms with Gasteiger partial charge in [-0.15, -0.1) is 0 Å². The van der Waals surface area contributed by atoms with Crippen molar-refractivity contribution in [2.75, 3.05) is 6.61 Å². The minimum atomic E-state index is -0.975. The number of carbonyl (C=O) groups excluding carboxylic acids is 2. The summed E-state index contributed by atoms with van der Waals surface area (Å²) >= 11 is 10.0. The highest BCUT2D eigenvalue weighted by Crippen LogP contribution is 2.37. The van der Waals surface area contributed by atoms with E-state index in [4.69, 9.17) is 26.1 Å². The summed E-state index contributed by atoms with van der Waals surface area (Å²) in [7, 11) is 0. The first kappa shape index (κ1) is 25.1. The van der Waals surface area contributed by atoms with Crippen molar-refractivity contribution in [1.29, 1.82) is 0 Å². The summed E-state index contributed by atoms with van der Waals surface area (Å²) in [6, 6.07) is 8.95. The monoisotopic (exact) mass is 558 g/mol. The highest BCUT2D eigenvalue weighted by atomic mass is 79.9. The molecule has 0 amide bonds. The molecular formula is C25H24BrClN4O4. The van der Waals surface area contributed by atoms with Gasteiger partial charge in [-0.1, -0.05) is 17.7 Å². The number of rotatable bonds is 7. The lowest BCUT2D eigenvalue weighted by atomic mass is 10.0. The average molecular weight is 560 g/mol. The second-order valence-electron chi connectivity index (χ2n) is 8.01. The van der Waals surface area contributed by atoms with E-state index in [-0.39, 0.29) is 13.0 Å². The fraction of sp³-hybridized carbons (Fsp3) is 0.320. The molecule has 1 aliphatic heterocycles. The fourth-order valence-corrected chi connectivity index (χ4v) is 4.42. The highest BCUT2D eigenvalue weighted by Gasteiger charge is 2.29. The van der Waals surface area contributed by atoms with E-state index in [9.17, 15) is 9.59 Å². The Balaban J connectivity index is 1.72. The topological polar surface area (TPSA) is 95.7 Å². The van der Waals surface area contributed by atoms with Gasteiger partial charge in [-0.3, -0.25) is 19.3 Å². The van der Waals surface area contributed by atoms with Gasteiger partial charge in [0, 0.05) is 34.5 Å². The van der Waals surface area contributed by atoms with Gasteiger partial charge in [-0.05, 0) is 67.4 Å². The largest absolute Gasteiger partial charge is 0.463 e. The number of imidazole rings is 1. The second-order valence-corrected chi connectivity index (χ2v) is 9.27. The van der Waals surface area contributed by atoms with Crippen LogP contribution in [0, 0.1) is 6.92 Å². The summed E-state index contributed by atoms with van der Waals surface area (Å²) in [6.45, 7) is 5.36. The van der Waals surface area contributed by atoms with E-state index in [1.54, 1.807) is 19.3 Å². The molecule has 4 rings (SSSR count). The Labute approximate surface area is 216 Å². The van der Waals surface area contributed by atoms with Gasteiger partial charge >= 0.3 is 11.9 Å². The molecule has 0 unspecified atom stereocenters. The molecule has 0 aliphatic carbocycles. The van der Waals surface area contributed by atoms with Gasteiger partial charge in [-0.25, -0.2) is 9.78 Å². The Morgan fingerprint density at radius 1 is 1.26 bits per heavy atom. The fourth-order valence-electron chi connectivity index (χ4n) is 3.92. The average Bonchev–Trinajstić information content (AvgIpc) is 3.16. The third-order valence-corrected chi connectivity index (χ3v) is 6.74. The van der Waals surface area contributed by atoms with E-state index in [1.165, 1.54) is 6.92 Å². The number of pyridine rings is 1. The number of esters is 2. The van der Waals surface area contributed by atoms with Crippen LogP contribution in [0.4, 0.5) is 0 Å². The third kappa shape index (κ3) is 5.31. The van der Waals surface area contributed by atoms with E-state index >= 15 is 0 Å². The Bertz CT molecular complexity index is 1290. The molecule has 0 fully saturated rings. The van der Waals surface area contributed by atoms with Crippen LogP contribution >= 0.6 is 27.5 Å². The summed E-state index contributed by atoms with van der Waals surface area (Å²) in [4.78, 5) is 38.5. The van der Waals surface area contributed by atoms with Crippen molar-refractivity contribution >= 4 is 45.2 Å². The number of ether oxygens (including phenoxy) is 2. The van der Waals surface area contributed by atoms with Crippen molar-refractivity contribution in [3.8, 4) is 5.69 Å². The number of aliphatic imine (C=N–C) groups is 1. The van der Waals surface area contributed by atoms with Gasteiger partial charge in [0.05, 0.1) is 28.7 Å². The molecule has 3 aromatic rings. The zero-order valence-corrected chi connectivity index (χ0v) is 21.8. The van der Waals surface area contributed by atoms with Crippen LogP contribution in [-0.2, 0) is 19.1 Å². The molecule has 3 heterocycles. The standard InChI is InChI=1S/C25H24BrClN4O4/c1-4-34-25(33)15(3)35-22(32)9-8-20-24-29-13-14(2)31(24)21-12-18(27)17(26)11-16(21)23(30-20)19-7-5-6-10-28-19/h5-7,10-13,15,20H,4,8-9H2,1-3H3/t15-,20-/m0/s1. The van der Waals surface area contributed by atoms with Crippen molar-refractivity contribution in [1.82, 2.24) is 14.5 Å². The van der Waals surface area contributed by atoms with Crippen LogP contribution in [0.1, 0.15) is 55.5 Å². The van der Waals surface area contributed by atoms with Gasteiger partial charge < -0.3 is 9.47 Å². The predicted octanol–water partition coefficient (Wildman–Crippen LogP) is 5.16. The predicted molar refractivity (Wildman–Crippen MR) is 135 cm³/mol. The summed E-state index contributed by atoms with van der Waals surface area (Å²) in [5.41, 5.74) is 3.92. The highest BCUT2D eigenvalue weighted by molar-refractivity contribution is 9.10. The Hall–Kier alpha value is -3.04. The maximum absolute atomic E-state index is 12.5. The van der Waals surface area contributed by atoms with Crippen LogP contribution in [0.25, 0.3) is 5.69 Å². The molecule has 2 aromatic heterocycles. The van der Waals surface area contributed by atoms with Crippen molar-refractivity contribution in [3.63, 3.8) is 0 Å². The SMILES string of the molecule is CCOC(=O)[C@H](C)OC(=O)CC[C@@H]1N=C(c2ccccn2)c2cc(Br)c(Cl)cc2-n2c(C)cnc21. The van der Waals surface area contributed by atoms with Crippen molar-refractivity contribution < 1.29 is 19.1 Å². The molecule has 0 spiro atoms. The lowest BCUT2D eigenvalue weighted by Crippen LogP contribution is -2.26. The van der Waals surface area contributed by atoms with Crippen LogP contribution < -0.4 is 0 Å². The molecule has 1 aromatic carbocycles. The molecule has 0 saturated carbocycles. The summed E-state index contributed by atoms with van der Waals surface area (Å²) in [5, 5.41) is 0.554. The number of aromatic nitrogens is 3. The van der Waals surface area contributed by atoms with Crippen LogP contribution in [0.15, 0.2) is 52.2 Å². The normalized spacial score (nSPS) is 15.3. The lowest BCUT2D eigenvalue weighted by Gasteiger charge is -2.15. The number of nitrogens with zero attached hydrogens (tertiary/aromatic N) is 4. The molecule has 0 bridgehead atoms. The van der Waals surface area contributed by atoms with Gasteiger partial charge in [0.15, 0.2) is 6.10 Å². The Kier molecular flexibility index (Phi) is 7.66. The number of halogens is 2. The van der Waals surface area contributed by atoms with E-state index in [0.29, 0.717) is 28.7 Å². The molecule has 0 N–H and O–H groups in total. The number of hydrogen-bond acceptors (Lipinski definition) is 7. The van der Waals surface area contributed by atoms with Crippen LogP contribution in [0.5, 0.6) is 0 Å². The first-order valence-electron chi connectivity index (χ1n) is 11.2. The Morgan fingerprint density at radius 3 is 2.77 bits per heavy atom. The molecule has 1 aliphatic rings. The molecule has 0 radical (unpaired) electrons. The molecule has 0 saturated heterocycles. The molecular weight excluding hydrogens is 536 g/mol. The van der Waals surface area contributed by atoms with E-state index in [1.807, 2.05) is 41.8 Å². The quantitative estimate of drug-likeness (QED) is 0.371. The minimum Gasteiger partial charge on any atom is -0.463 e. The maximum Gasteiger partial charge on any atom is 0.347 e. The van der Waals surface area contributed by atoms with Crippen molar-refractivity contribution in [2.24, 2.45) is 4.99 Å². The Morgan fingerprint density at radius 2 is 2.06 bits per heavy atom. The molecule has 182 valence electrons. The lowest BCUT2D eigenvalue weighted by molar-refractivity contribution is -0.166. The maximum atomic E-state index is 12.5. The third-order valence-electron chi connectivity index (χ3n) is 5.54. The summed E-state index contributed by atoms with van der Waals surface area (Å²) in [5.74, 6) is -0.406. The number of fused-ring (bicyclic) bond motifs is 3. The van der Waals surface area contributed by atoms with E-state index in [0.717, 1.165) is 21.4 Å². The minimum absolute atomic E-state index is 0.0418. The smallest absolute Gasteiger partial charge is 0.347 e. The second kappa shape index (κ2) is 10.7. The van der Waals surface area contributed by atoms with Crippen LogP contribution in [0.3, 0.4) is 0 Å².